The highest BCUT2D eigenvalue weighted by molar-refractivity contribution is 7.91. The van der Waals surface area contributed by atoms with Crippen LogP contribution in [0.4, 0.5) is 0 Å². The molecule has 3 rings (SSSR count). The lowest BCUT2D eigenvalue weighted by molar-refractivity contribution is -0.943. The molecular formula is C17H24N3O3S2+. The van der Waals surface area contributed by atoms with Crippen molar-refractivity contribution in [1.29, 1.82) is 0 Å². The van der Waals surface area contributed by atoms with Crippen LogP contribution in [0.5, 0.6) is 0 Å². The van der Waals surface area contributed by atoms with Gasteiger partial charge in [0.2, 0.25) is 5.89 Å². The summed E-state index contributed by atoms with van der Waals surface area (Å²) in [5, 5.41) is 4.53. The average Bonchev–Trinajstić information content (AvgIpc) is 3.06. The topological polar surface area (TPSA) is 69.5 Å². The number of hydrogen-bond acceptors (Lipinski definition) is 5. The van der Waals surface area contributed by atoms with Crippen LogP contribution in [0.25, 0.3) is 11.5 Å². The van der Waals surface area contributed by atoms with Crippen LogP contribution in [-0.4, -0.2) is 42.3 Å². The molecule has 1 aromatic heterocycles. The van der Waals surface area contributed by atoms with Crippen molar-refractivity contribution < 1.29 is 17.7 Å². The Hall–Kier alpha value is -1.51. The zero-order chi connectivity index (χ0) is 18.2. The molecule has 1 aliphatic heterocycles. The lowest BCUT2D eigenvalue weighted by Gasteiger charge is -2.22. The predicted molar refractivity (Wildman–Crippen MR) is 98.8 cm³/mol. The molecular weight excluding hydrogens is 358 g/mol. The van der Waals surface area contributed by atoms with E-state index in [0.29, 0.717) is 23.8 Å². The molecule has 0 amide bonds. The summed E-state index contributed by atoms with van der Waals surface area (Å²) in [5.74, 6) is 1.02. The predicted octanol–water partition coefficient (Wildman–Crippen LogP) is 1.54. The van der Waals surface area contributed by atoms with Crippen LogP contribution in [0.15, 0.2) is 22.6 Å². The Balaban J connectivity index is 1.83. The number of aromatic nitrogens is 2. The molecule has 1 N–H and O–H groups in total. The van der Waals surface area contributed by atoms with Gasteiger partial charge in [-0.2, -0.15) is 4.68 Å². The minimum Gasteiger partial charge on any atom is -0.409 e. The maximum atomic E-state index is 11.8. The summed E-state index contributed by atoms with van der Waals surface area (Å²) in [6, 6.07) is 6.23. The van der Waals surface area contributed by atoms with Crippen molar-refractivity contribution in [3.05, 3.63) is 34.2 Å². The number of rotatable bonds is 5. The smallest absolute Gasteiger partial charge is 0.292 e. The summed E-state index contributed by atoms with van der Waals surface area (Å²) < 4.78 is 30.9. The van der Waals surface area contributed by atoms with Crippen molar-refractivity contribution in [2.75, 3.05) is 18.1 Å². The van der Waals surface area contributed by atoms with Crippen molar-refractivity contribution in [2.24, 2.45) is 0 Å². The molecule has 0 aliphatic carbocycles. The summed E-state index contributed by atoms with van der Waals surface area (Å²) >= 11 is 5.33. The monoisotopic (exact) mass is 382 g/mol. The summed E-state index contributed by atoms with van der Waals surface area (Å²) in [4.78, 5) is 1.48. The van der Waals surface area contributed by atoms with Gasteiger partial charge in [-0.3, -0.25) is 0 Å². The van der Waals surface area contributed by atoms with E-state index in [0.717, 1.165) is 28.1 Å². The van der Waals surface area contributed by atoms with E-state index in [1.165, 1.54) is 0 Å². The number of aryl methyl sites for hydroxylation is 2. The van der Waals surface area contributed by atoms with E-state index >= 15 is 0 Å². The van der Waals surface area contributed by atoms with Crippen LogP contribution >= 0.6 is 12.2 Å². The van der Waals surface area contributed by atoms with E-state index in [1.807, 2.05) is 26.0 Å². The van der Waals surface area contributed by atoms with Crippen LogP contribution in [0.3, 0.4) is 0 Å². The van der Waals surface area contributed by atoms with E-state index in [-0.39, 0.29) is 17.5 Å². The summed E-state index contributed by atoms with van der Waals surface area (Å²) in [7, 11) is -2.90. The van der Waals surface area contributed by atoms with Gasteiger partial charge in [0.15, 0.2) is 16.5 Å². The van der Waals surface area contributed by atoms with Crippen LogP contribution in [0.1, 0.15) is 24.5 Å². The van der Waals surface area contributed by atoms with Crippen molar-refractivity contribution in [2.45, 2.75) is 39.9 Å². The maximum Gasteiger partial charge on any atom is 0.292 e. The van der Waals surface area contributed by atoms with E-state index in [9.17, 15) is 8.42 Å². The molecule has 2 aromatic rings. The first kappa shape index (κ1) is 18.3. The molecule has 0 spiro atoms. The minimum absolute atomic E-state index is 0.0956. The van der Waals surface area contributed by atoms with Gasteiger partial charge in [0.25, 0.3) is 4.84 Å². The largest absolute Gasteiger partial charge is 0.409 e. The van der Waals surface area contributed by atoms with Crippen LogP contribution in [0.2, 0.25) is 0 Å². The van der Waals surface area contributed by atoms with Gasteiger partial charge in [0.1, 0.15) is 11.8 Å². The molecule has 1 saturated heterocycles. The van der Waals surface area contributed by atoms with Gasteiger partial charge >= 0.3 is 0 Å². The molecule has 136 valence electrons. The van der Waals surface area contributed by atoms with Crippen molar-refractivity contribution in [3.63, 3.8) is 0 Å². The quantitative estimate of drug-likeness (QED) is 0.795. The third-order valence-electron chi connectivity index (χ3n) is 4.69. The SMILES string of the molecule is CC[NH+](Cn1nc(-c2cc(C)cc(C)c2)oc1=S)[C@H]1CCS(=O)(=O)C1. The molecule has 0 radical (unpaired) electrons. The van der Waals surface area contributed by atoms with Crippen molar-refractivity contribution >= 4 is 22.1 Å². The average molecular weight is 383 g/mol. The van der Waals surface area contributed by atoms with Gasteiger partial charge in [0, 0.05) is 12.0 Å². The highest BCUT2D eigenvalue weighted by atomic mass is 32.2. The van der Waals surface area contributed by atoms with E-state index in [2.05, 4.69) is 18.1 Å². The summed E-state index contributed by atoms with van der Waals surface area (Å²) in [5.41, 5.74) is 3.19. The summed E-state index contributed by atoms with van der Waals surface area (Å²) in [6.07, 6.45) is 0.695. The fourth-order valence-electron chi connectivity index (χ4n) is 3.46. The van der Waals surface area contributed by atoms with E-state index in [4.69, 9.17) is 16.6 Å². The van der Waals surface area contributed by atoms with Gasteiger partial charge in [-0.05, 0) is 45.1 Å². The number of sulfone groups is 1. The number of hydrogen-bond donors (Lipinski definition) is 1. The van der Waals surface area contributed by atoms with Crippen LogP contribution in [0, 0.1) is 18.7 Å². The Morgan fingerprint density at radius 3 is 2.56 bits per heavy atom. The Labute approximate surface area is 153 Å². The number of nitrogens with one attached hydrogen (secondary N) is 1. The molecule has 0 saturated carbocycles. The first-order valence-electron chi connectivity index (χ1n) is 8.49. The third kappa shape index (κ3) is 4.19. The Morgan fingerprint density at radius 1 is 1.32 bits per heavy atom. The van der Waals surface area contributed by atoms with Gasteiger partial charge < -0.3 is 9.32 Å². The van der Waals surface area contributed by atoms with Crippen molar-refractivity contribution in [1.82, 2.24) is 9.78 Å². The second-order valence-corrected chi connectivity index (χ2v) is 9.40. The van der Waals surface area contributed by atoms with Gasteiger partial charge in [-0.1, -0.05) is 17.2 Å². The molecule has 1 unspecified atom stereocenters. The lowest BCUT2D eigenvalue weighted by Crippen LogP contribution is -3.15. The van der Waals surface area contributed by atoms with E-state index in [1.54, 1.807) is 4.68 Å². The standard InChI is InChI=1S/C17H23N3O3S2/c1-4-19(15-5-6-25(21,22)10-15)11-20-17(24)23-16(18-20)14-8-12(2)7-13(3)9-14/h7-9,15H,4-6,10-11H2,1-3H3/p+1/t15-/m0/s1. The maximum absolute atomic E-state index is 11.8. The Morgan fingerprint density at radius 2 is 2.00 bits per heavy atom. The number of quaternary nitrogens is 1. The molecule has 1 aromatic carbocycles. The molecule has 1 aliphatic rings. The second-order valence-electron chi connectivity index (χ2n) is 6.82. The number of benzene rings is 1. The fraction of sp³-hybridized carbons (Fsp3) is 0.529. The number of nitrogens with zero attached hydrogens (tertiary/aromatic N) is 2. The first-order chi connectivity index (χ1) is 11.8. The summed E-state index contributed by atoms with van der Waals surface area (Å²) in [6.45, 7) is 7.45. The highest BCUT2D eigenvalue weighted by Gasteiger charge is 2.35. The molecule has 8 heteroatoms. The highest BCUT2D eigenvalue weighted by Crippen LogP contribution is 2.21. The Kier molecular flexibility index (Phi) is 5.13. The zero-order valence-corrected chi connectivity index (χ0v) is 16.4. The van der Waals surface area contributed by atoms with Gasteiger partial charge in [-0.25, -0.2) is 8.42 Å². The molecule has 2 atom stereocenters. The molecule has 1 fully saturated rings. The van der Waals surface area contributed by atoms with Crippen LogP contribution < -0.4 is 4.90 Å². The fourth-order valence-corrected chi connectivity index (χ4v) is 5.47. The molecule has 0 bridgehead atoms. The van der Waals surface area contributed by atoms with Crippen molar-refractivity contribution in [3.8, 4) is 11.5 Å². The van der Waals surface area contributed by atoms with Gasteiger partial charge in [-0.15, -0.1) is 5.10 Å². The normalized spacial score (nSPS) is 20.7. The third-order valence-corrected chi connectivity index (χ3v) is 6.75. The molecule has 2 heterocycles. The molecule has 6 nitrogen and oxygen atoms in total. The molecule has 25 heavy (non-hydrogen) atoms. The zero-order valence-electron chi connectivity index (χ0n) is 14.8. The lowest BCUT2D eigenvalue weighted by atomic mass is 10.1. The van der Waals surface area contributed by atoms with Gasteiger partial charge in [0.05, 0.1) is 12.3 Å². The van der Waals surface area contributed by atoms with E-state index < -0.39 is 9.84 Å². The van der Waals surface area contributed by atoms with Crippen LogP contribution in [-0.2, 0) is 16.5 Å². The second kappa shape index (κ2) is 7.01. The first-order valence-corrected chi connectivity index (χ1v) is 10.7. The minimum atomic E-state index is -2.90. The Bertz CT molecular complexity index is 911.